The Kier molecular flexibility index (Phi) is 3.13. The van der Waals surface area contributed by atoms with Crippen molar-refractivity contribution < 1.29 is 9.90 Å². The molecule has 0 aromatic carbocycles. The summed E-state index contributed by atoms with van der Waals surface area (Å²) in [6, 6.07) is 3.62. The highest BCUT2D eigenvalue weighted by Crippen LogP contribution is 2.30. The number of aliphatic hydroxyl groups is 1. The molecule has 0 saturated heterocycles. The Balaban J connectivity index is 1.87. The molecule has 1 heterocycles. The molecule has 1 aliphatic rings. The third kappa shape index (κ3) is 2.59. The van der Waals surface area contributed by atoms with Gasteiger partial charge in [-0.05, 0) is 47.3 Å². The van der Waals surface area contributed by atoms with Gasteiger partial charge in [-0.2, -0.15) is 0 Å². The normalized spacial score (nSPS) is 18.3. The number of hydrogen-bond donors (Lipinski definition) is 2. The zero-order valence-electron chi connectivity index (χ0n) is 8.12. The fourth-order valence-corrected chi connectivity index (χ4v) is 2.83. The lowest BCUT2D eigenvalue weighted by Gasteiger charge is -2.36. The first kappa shape index (κ1) is 11.1. The Morgan fingerprint density at radius 1 is 1.60 bits per heavy atom. The highest BCUT2D eigenvalue weighted by atomic mass is 79.9. The first-order chi connectivity index (χ1) is 7.09. The quantitative estimate of drug-likeness (QED) is 0.896. The van der Waals surface area contributed by atoms with E-state index in [-0.39, 0.29) is 5.91 Å². The predicted molar refractivity (Wildman–Crippen MR) is 63.2 cm³/mol. The lowest BCUT2D eigenvalue weighted by molar-refractivity contribution is -0.0300. The molecule has 82 valence electrons. The van der Waals surface area contributed by atoms with E-state index in [2.05, 4.69) is 21.2 Å². The molecule has 1 amide bonds. The van der Waals surface area contributed by atoms with Gasteiger partial charge in [-0.15, -0.1) is 11.3 Å². The van der Waals surface area contributed by atoms with Crippen LogP contribution in [-0.2, 0) is 0 Å². The maximum absolute atomic E-state index is 11.6. The fourth-order valence-electron chi connectivity index (χ4n) is 1.53. The van der Waals surface area contributed by atoms with Gasteiger partial charge in [0.15, 0.2) is 0 Å². The molecule has 1 aromatic rings. The van der Waals surface area contributed by atoms with Gasteiger partial charge in [-0.3, -0.25) is 4.79 Å². The number of amides is 1. The molecule has 2 rings (SSSR count). The van der Waals surface area contributed by atoms with Crippen molar-refractivity contribution in [1.82, 2.24) is 5.32 Å². The average Bonchev–Trinajstić information content (AvgIpc) is 2.58. The van der Waals surface area contributed by atoms with Crippen LogP contribution in [-0.4, -0.2) is 23.2 Å². The number of hydrogen-bond acceptors (Lipinski definition) is 3. The van der Waals surface area contributed by atoms with Crippen LogP contribution >= 0.6 is 27.3 Å². The van der Waals surface area contributed by atoms with E-state index in [1.54, 1.807) is 6.07 Å². The number of thiophene rings is 1. The van der Waals surface area contributed by atoms with Crippen LogP contribution < -0.4 is 5.32 Å². The maximum Gasteiger partial charge on any atom is 0.261 e. The van der Waals surface area contributed by atoms with Crippen molar-refractivity contribution >= 4 is 33.2 Å². The summed E-state index contributed by atoms with van der Waals surface area (Å²) in [5.41, 5.74) is -0.649. The number of halogens is 1. The van der Waals surface area contributed by atoms with Gasteiger partial charge in [0.25, 0.3) is 5.91 Å². The third-order valence-corrected chi connectivity index (χ3v) is 4.28. The topological polar surface area (TPSA) is 49.3 Å². The van der Waals surface area contributed by atoms with E-state index in [0.29, 0.717) is 11.4 Å². The standard InChI is InChI=1S/C10H12BrNO2S/c11-8-3-2-7(15-8)9(13)12-6-10(14)4-1-5-10/h2-3,14H,1,4-6H2,(H,12,13). The summed E-state index contributed by atoms with van der Waals surface area (Å²) >= 11 is 4.70. The van der Waals surface area contributed by atoms with Crippen molar-refractivity contribution in [2.45, 2.75) is 24.9 Å². The molecule has 2 N–H and O–H groups in total. The van der Waals surface area contributed by atoms with Crippen molar-refractivity contribution in [3.05, 3.63) is 20.8 Å². The summed E-state index contributed by atoms with van der Waals surface area (Å²) in [6.45, 7) is 0.362. The molecule has 0 bridgehead atoms. The SMILES string of the molecule is O=C(NCC1(O)CCC1)c1ccc(Br)s1. The zero-order chi connectivity index (χ0) is 10.9. The Bertz CT molecular complexity index is 373. The van der Waals surface area contributed by atoms with Crippen LogP contribution in [0.1, 0.15) is 28.9 Å². The number of carbonyl (C=O) groups is 1. The van der Waals surface area contributed by atoms with Crippen LogP contribution in [0.25, 0.3) is 0 Å². The summed E-state index contributed by atoms with van der Waals surface area (Å²) in [4.78, 5) is 12.3. The van der Waals surface area contributed by atoms with Crippen molar-refractivity contribution in [3.63, 3.8) is 0 Å². The smallest absolute Gasteiger partial charge is 0.261 e. The number of carbonyl (C=O) groups excluding carboxylic acids is 1. The van der Waals surface area contributed by atoms with Gasteiger partial charge in [-0.1, -0.05) is 0 Å². The highest BCUT2D eigenvalue weighted by Gasteiger charge is 2.34. The Morgan fingerprint density at radius 3 is 2.80 bits per heavy atom. The van der Waals surface area contributed by atoms with Crippen LogP contribution in [0, 0.1) is 0 Å². The molecule has 3 nitrogen and oxygen atoms in total. The van der Waals surface area contributed by atoms with Gasteiger partial charge >= 0.3 is 0 Å². The molecule has 1 aromatic heterocycles. The van der Waals surface area contributed by atoms with Crippen LogP contribution in [0.2, 0.25) is 0 Å². The molecule has 0 aliphatic heterocycles. The van der Waals surface area contributed by atoms with Gasteiger partial charge in [0, 0.05) is 6.54 Å². The molecule has 0 atom stereocenters. The zero-order valence-corrected chi connectivity index (χ0v) is 10.5. The van der Waals surface area contributed by atoms with Crippen LogP contribution in [0.15, 0.2) is 15.9 Å². The lowest BCUT2D eigenvalue weighted by Crippen LogP contribution is -2.47. The number of nitrogens with one attached hydrogen (secondary N) is 1. The van der Waals surface area contributed by atoms with Gasteiger partial charge in [0.1, 0.15) is 0 Å². The molecule has 0 spiro atoms. The second kappa shape index (κ2) is 4.23. The average molecular weight is 290 g/mol. The van der Waals surface area contributed by atoms with Crippen LogP contribution in [0.3, 0.4) is 0 Å². The third-order valence-electron chi connectivity index (χ3n) is 2.66. The van der Waals surface area contributed by atoms with Crippen molar-refractivity contribution in [2.75, 3.05) is 6.54 Å². The van der Waals surface area contributed by atoms with Gasteiger partial charge in [0.2, 0.25) is 0 Å². The second-order valence-corrected chi connectivity index (χ2v) is 6.33. The van der Waals surface area contributed by atoms with E-state index in [1.807, 2.05) is 6.07 Å². The first-order valence-electron chi connectivity index (χ1n) is 4.85. The van der Waals surface area contributed by atoms with E-state index >= 15 is 0 Å². The molecule has 0 radical (unpaired) electrons. The minimum atomic E-state index is -0.649. The molecular weight excluding hydrogens is 278 g/mol. The lowest BCUT2D eigenvalue weighted by atomic mass is 9.80. The molecule has 1 fully saturated rings. The van der Waals surface area contributed by atoms with E-state index in [1.165, 1.54) is 11.3 Å². The minimum Gasteiger partial charge on any atom is -0.388 e. The largest absolute Gasteiger partial charge is 0.388 e. The van der Waals surface area contributed by atoms with Crippen LogP contribution in [0.4, 0.5) is 0 Å². The molecule has 1 saturated carbocycles. The summed E-state index contributed by atoms with van der Waals surface area (Å²) in [6.07, 6.45) is 2.64. The van der Waals surface area contributed by atoms with Crippen molar-refractivity contribution in [2.24, 2.45) is 0 Å². The fraction of sp³-hybridized carbons (Fsp3) is 0.500. The summed E-state index contributed by atoms with van der Waals surface area (Å²) in [5, 5.41) is 12.5. The molecule has 0 unspecified atom stereocenters. The Labute approximate surface area is 101 Å². The van der Waals surface area contributed by atoms with E-state index in [4.69, 9.17) is 0 Å². The first-order valence-corrected chi connectivity index (χ1v) is 6.46. The summed E-state index contributed by atoms with van der Waals surface area (Å²) in [7, 11) is 0. The van der Waals surface area contributed by atoms with Gasteiger partial charge < -0.3 is 10.4 Å². The van der Waals surface area contributed by atoms with E-state index < -0.39 is 5.60 Å². The van der Waals surface area contributed by atoms with E-state index in [9.17, 15) is 9.90 Å². The van der Waals surface area contributed by atoms with Gasteiger partial charge in [-0.25, -0.2) is 0 Å². The summed E-state index contributed by atoms with van der Waals surface area (Å²) in [5.74, 6) is -0.106. The maximum atomic E-state index is 11.6. The Hall–Kier alpha value is -0.390. The number of rotatable bonds is 3. The Morgan fingerprint density at radius 2 is 2.33 bits per heavy atom. The summed E-state index contributed by atoms with van der Waals surface area (Å²) < 4.78 is 0.940. The van der Waals surface area contributed by atoms with Gasteiger partial charge in [0.05, 0.1) is 14.3 Å². The molecule has 15 heavy (non-hydrogen) atoms. The van der Waals surface area contributed by atoms with E-state index in [0.717, 1.165) is 23.0 Å². The minimum absolute atomic E-state index is 0.106. The highest BCUT2D eigenvalue weighted by molar-refractivity contribution is 9.11. The molecular formula is C10H12BrNO2S. The molecule has 1 aliphatic carbocycles. The second-order valence-electron chi connectivity index (χ2n) is 3.86. The monoisotopic (exact) mass is 289 g/mol. The van der Waals surface area contributed by atoms with Crippen LogP contribution in [0.5, 0.6) is 0 Å². The molecule has 5 heteroatoms. The van der Waals surface area contributed by atoms with Crippen molar-refractivity contribution in [1.29, 1.82) is 0 Å². The predicted octanol–water partition coefficient (Wildman–Crippen LogP) is 2.16. The van der Waals surface area contributed by atoms with Crippen molar-refractivity contribution in [3.8, 4) is 0 Å².